The molecule has 0 fully saturated rings. The lowest BCUT2D eigenvalue weighted by Gasteiger charge is -1.98. The van der Waals surface area contributed by atoms with Crippen molar-refractivity contribution in [1.29, 1.82) is 0 Å². The molecule has 0 aliphatic heterocycles. The van der Waals surface area contributed by atoms with E-state index in [1.165, 1.54) is 0 Å². The van der Waals surface area contributed by atoms with Crippen molar-refractivity contribution in [2.24, 2.45) is 0 Å². The molecule has 1 aromatic carbocycles. The number of ketones is 1. The van der Waals surface area contributed by atoms with Crippen LogP contribution in [0.5, 0.6) is 0 Å². The summed E-state index contributed by atoms with van der Waals surface area (Å²) in [6.45, 7) is 0. The van der Waals surface area contributed by atoms with E-state index in [0.29, 0.717) is 6.42 Å². The quantitative estimate of drug-likeness (QED) is 0.724. The summed E-state index contributed by atoms with van der Waals surface area (Å²) in [5.41, 5.74) is 0.984. The van der Waals surface area contributed by atoms with Crippen molar-refractivity contribution in [3.63, 3.8) is 0 Å². The highest BCUT2D eigenvalue weighted by molar-refractivity contribution is 7.85. The highest BCUT2D eigenvalue weighted by Gasteiger charge is 2.04. The SMILES string of the molecule is CS(=O)CC(=O)Cc1ccccc1. The summed E-state index contributed by atoms with van der Waals surface area (Å²) in [7, 11) is -1.02. The first kappa shape index (κ1) is 10.1. The predicted octanol–water partition coefficient (Wildman–Crippen LogP) is 1.18. The summed E-state index contributed by atoms with van der Waals surface area (Å²) in [6, 6.07) is 9.50. The van der Waals surface area contributed by atoms with Crippen LogP contribution in [-0.4, -0.2) is 22.0 Å². The summed E-state index contributed by atoms with van der Waals surface area (Å²) in [6.07, 6.45) is 1.93. The smallest absolute Gasteiger partial charge is 0.149 e. The Morgan fingerprint density at radius 1 is 1.31 bits per heavy atom. The highest BCUT2D eigenvalue weighted by Crippen LogP contribution is 2.00. The van der Waals surface area contributed by atoms with Crippen LogP contribution in [-0.2, 0) is 22.0 Å². The molecule has 0 aliphatic rings. The van der Waals surface area contributed by atoms with Gasteiger partial charge in [0.2, 0.25) is 0 Å². The van der Waals surface area contributed by atoms with E-state index in [2.05, 4.69) is 0 Å². The fourth-order valence-electron chi connectivity index (χ4n) is 1.10. The van der Waals surface area contributed by atoms with Gasteiger partial charge in [0, 0.05) is 23.5 Å². The zero-order valence-electron chi connectivity index (χ0n) is 7.53. The van der Waals surface area contributed by atoms with E-state index in [1.807, 2.05) is 30.3 Å². The summed E-state index contributed by atoms with van der Waals surface area (Å²) < 4.78 is 10.7. The summed E-state index contributed by atoms with van der Waals surface area (Å²) in [4.78, 5) is 11.2. The first-order valence-corrected chi connectivity index (χ1v) is 5.77. The lowest BCUT2D eigenvalue weighted by Crippen LogP contribution is -2.11. The molecule has 0 saturated carbocycles. The standard InChI is InChI=1S/C10H12O2S/c1-13(12)8-10(11)7-9-5-3-2-4-6-9/h2-6H,7-8H2,1H3. The van der Waals surface area contributed by atoms with E-state index in [9.17, 15) is 9.00 Å². The van der Waals surface area contributed by atoms with Crippen LogP contribution in [0, 0.1) is 0 Å². The molecule has 0 amide bonds. The summed E-state index contributed by atoms with van der Waals surface area (Å²) in [5, 5.41) is 0. The number of carbonyl (C=O) groups is 1. The van der Waals surface area contributed by atoms with E-state index in [0.717, 1.165) is 5.56 Å². The van der Waals surface area contributed by atoms with Crippen molar-refractivity contribution < 1.29 is 9.00 Å². The Bertz CT molecular complexity index is 306. The molecule has 70 valence electrons. The van der Waals surface area contributed by atoms with Crippen LogP contribution < -0.4 is 0 Å². The molecule has 0 aromatic heterocycles. The second kappa shape index (κ2) is 4.92. The van der Waals surface area contributed by atoms with Gasteiger partial charge in [0.05, 0.1) is 5.75 Å². The van der Waals surface area contributed by atoms with Crippen LogP contribution in [0.2, 0.25) is 0 Å². The maximum Gasteiger partial charge on any atom is 0.149 e. The lowest BCUT2D eigenvalue weighted by atomic mass is 10.1. The second-order valence-electron chi connectivity index (χ2n) is 2.92. The Morgan fingerprint density at radius 3 is 2.46 bits per heavy atom. The van der Waals surface area contributed by atoms with E-state index >= 15 is 0 Å². The fraction of sp³-hybridized carbons (Fsp3) is 0.300. The van der Waals surface area contributed by atoms with Crippen LogP contribution in [0.4, 0.5) is 0 Å². The van der Waals surface area contributed by atoms with Crippen molar-refractivity contribution in [2.75, 3.05) is 12.0 Å². The molecule has 1 unspecified atom stereocenters. The van der Waals surface area contributed by atoms with Gasteiger partial charge in [-0.05, 0) is 5.56 Å². The third-order valence-corrected chi connectivity index (χ3v) is 2.34. The number of carbonyl (C=O) groups excluding carboxylic acids is 1. The third-order valence-electron chi connectivity index (χ3n) is 1.61. The van der Waals surface area contributed by atoms with E-state index in [-0.39, 0.29) is 11.5 Å². The van der Waals surface area contributed by atoms with Gasteiger partial charge >= 0.3 is 0 Å². The zero-order valence-corrected chi connectivity index (χ0v) is 8.34. The Hall–Kier alpha value is -0.960. The second-order valence-corrected chi connectivity index (χ2v) is 4.35. The van der Waals surface area contributed by atoms with Crippen LogP contribution in [0.15, 0.2) is 30.3 Å². The minimum absolute atomic E-state index is 0.0343. The van der Waals surface area contributed by atoms with Crippen molar-refractivity contribution in [3.8, 4) is 0 Å². The van der Waals surface area contributed by atoms with Crippen LogP contribution >= 0.6 is 0 Å². The highest BCUT2D eigenvalue weighted by atomic mass is 32.2. The van der Waals surface area contributed by atoms with Gasteiger partial charge in [0.1, 0.15) is 5.78 Å². The van der Waals surface area contributed by atoms with Crippen molar-refractivity contribution >= 4 is 16.6 Å². The number of rotatable bonds is 4. The average molecular weight is 196 g/mol. The molecule has 0 saturated heterocycles. The van der Waals surface area contributed by atoms with E-state index in [1.54, 1.807) is 6.26 Å². The molecular formula is C10H12O2S. The average Bonchev–Trinajstić information content (AvgIpc) is 2.04. The number of benzene rings is 1. The molecule has 1 atom stereocenters. The largest absolute Gasteiger partial charge is 0.298 e. The maximum absolute atomic E-state index is 11.2. The van der Waals surface area contributed by atoms with Crippen LogP contribution in [0.3, 0.4) is 0 Å². The number of hydrogen-bond acceptors (Lipinski definition) is 2. The molecule has 2 nitrogen and oxygen atoms in total. The Morgan fingerprint density at radius 2 is 1.92 bits per heavy atom. The molecule has 1 rings (SSSR count). The molecular weight excluding hydrogens is 184 g/mol. The minimum atomic E-state index is -1.02. The van der Waals surface area contributed by atoms with Gasteiger partial charge in [-0.15, -0.1) is 0 Å². The van der Waals surface area contributed by atoms with Crippen LogP contribution in [0.1, 0.15) is 5.56 Å². The Kier molecular flexibility index (Phi) is 3.83. The predicted molar refractivity (Wildman–Crippen MR) is 54.1 cm³/mol. The van der Waals surface area contributed by atoms with Gasteiger partial charge in [0.15, 0.2) is 0 Å². The molecule has 0 bridgehead atoms. The molecule has 3 heteroatoms. The van der Waals surface area contributed by atoms with Gasteiger partial charge < -0.3 is 0 Å². The molecule has 0 spiro atoms. The first-order chi connectivity index (χ1) is 6.18. The minimum Gasteiger partial charge on any atom is -0.298 e. The third kappa shape index (κ3) is 3.99. The van der Waals surface area contributed by atoms with E-state index in [4.69, 9.17) is 0 Å². The van der Waals surface area contributed by atoms with Crippen LogP contribution in [0.25, 0.3) is 0 Å². The van der Waals surface area contributed by atoms with Gasteiger partial charge in [-0.2, -0.15) is 0 Å². The Balaban J connectivity index is 2.50. The number of Topliss-reactive ketones (excluding diaryl/α,β-unsaturated/α-hetero) is 1. The normalized spacial score (nSPS) is 12.4. The van der Waals surface area contributed by atoms with Crippen molar-refractivity contribution in [2.45, 2.75) is 6.42 Å². The molecule has 0 N–H and O–H groups in total. The van der Waals surface area contributed by atoms with Gasteiger partial charge in [-0.25, -0.2) is 0 Å². The summed E-state index contributed by atoms with van der Waals surface area (Å²) >= 11 is 0. The van der Waals surface area contributed by atoms with Gasteiger partial charge in [-0.1, -0.05) is 30.3 Å². The monoisotopic (exact) mass is 196 g/mol. The fourth-order valence-corrected chi connectivity index (χ4v) is 1.66. The zero-order chi connectivity index (χ0) is 9.68. The number of hydrogen-bond donors (Lipinski definition) is 0. The van der Waals surface area contributed by atoms with Crippen molar-refractivity contribution in [3.05, 3.63) is 35.9 Å². The molecule has 0 aliphatic carbocycles. The molecule has 0 radical (unpaired) electrons. The van der Waals surface area contributed by atoms with Gasteiger partial charge in [-0.3, -0.25) is 9.00 Å². The molecule has 1 aromatic rings. The first-order valence-electron chi connectivity index (χ1n) is 4.04. The molecule has 13 heavy (non-hydrogen) atoms. The molecule has 0 heterocycles. The topological polar surface area (TPSA) is 34.1 Å². The van der Waals surface area contributed by atoms with E-state index < -0.39 is 10.8 Å². The lowest BCUT2D eigenvalue weighted by molar-refractivity contribution is -0.116. The van der Waals surface area contributed by atoms with Gasteiger partial charge in [0.25, 0.3) is 0 Å². The Labute approximate surface area is 80.4 Å². The maximum atomic E-state index is 11.2. The van der Waals surface area contributed by atoms with Crippen molar-refractivity contribution in [1.82, 2.24) is 0 Å². The summed E-state index contributed by atoms with van der Waals surface area (Å²) in [5.74, 6) is 0.196.